The molecule has 2 nitrogen and oxygen atoms in total. The van der Waals surface area contributed by atoms with Gasteiger partial charge in [0.15, 0.2) is 0 Å². The molecule has 1 fully saturated rings. The van der Waals surface area contributed by atoms with Gasteiger partial charge in [-0.1, -0.05) is 40.5 Å². The van der Waals surface area contributed by atoms with Gasteiger partial charge in [0.2, 0.25) is 0 Å². The first kappa shape index (κ1) is 17.0. The average molecular weight is 268 g/mol. The maximum atomic E-state index is 3.58. The second kappa shape index (κ2) is 8.97. The van der Waals surface area contributed by atoms with Crippen molar-refractivity contribution in [1.29, 1.82) is 0 Å². The van der Waals surface area contributed by atoms with Gasteiger partial charge >= 0.3 is 0 Å². The molecule has 1 heterocycles. The second-order valence-electron chi connectivity index (χ2n) is 7.20. The van der Waals surface area contributed by atoms with Gasteiger partial charge in [0.1, 0.15) is 0 Å². The molecule has 0 saturated carbocycles. The van der Waals surface area contributed by atoms with Crippen molar-refractivity contribution in [3.63, 3.8) is 0 Å². The molecule has 19 heavy (non-hydrogen) atoms. The minimum atomic E-state index is 0.403. The van der Waals surface area contributed by atoms with E-state index >= 15 is 0 Å². The number of nitrogens with zero attached hydrogens (tertiary/aromatic N) is 1. The van der Waals surface area contributed by atoms with Crippen molar-refractivity contribution in [3.05, 3.63) is 0 Å². The van der Waals surface area contributed by atoms with Crippen LogP contribution in [-0.2, 0) is 0 Å². The zero-order valence-electron chi connectivity index (χ0n) is 13.8. The highest BCUT2D eigenvalue weighted by molar-refractivity contribution is 4.79. The molecule has 1 unspecified atom stereocenters. The molecule has 0 aliphatic carbocycles. The van der Waals surface area contributed by atoms with Crippen LogP contribution in [0.5, 0.6) is 0 Å². The number of hydrogen-bond donors (Lipinski definition) is 1. The lowest BCUT2D eigenvalue weighted by Crippen LogP contribution is -2.41. The molecule has 1 rings (SSSR count). The lowest BCUT2D eigenvalue weighted by molar-refractivity contribution is 0.177. The van der Waals surface area contributed by atoms with Crippen LogP contribution < -0.4 is 5.32 Å². The van der Waals surface area contributed by atoms with Crippen LogP contribution in [-0.4, -0.2) is 37.6 Å². The summed E-state index contributed by atoms with van der Waals surface area (Å²) in [6.45, 7) is 15.6. The Kier molecular flexibility index (Phi) is 8.01. The first-order chi connectivity index (χ1) is 9.07. The van der Waals surface area contributed by atoms with Crippen LogP contribution in [0.3, 0.4) is 0 Å². The zero-order valence-corrected chi connectivity index (χ0v) is 13.8. The Balaban J connectivity index is 2.31. The van der Waals surface area contributed by atoms with E-state index in [1.807, 2.05) is 0 Å². The second-order valence-corrected chi connectivity index (χ2v) is 7.20. The van der Waals surface area contributed by atoms with E-state index in [2.05, 4.69) is 37.9 Å². The monoisotopic (exact) mass is 268 g/mol. The van der Waals surface area contributed by atoms with E-state index in [9.17, 15) is 0 Å². The van der Waals surface area contributed by atoms with Crippen molar-refractivity contribution in [1.82, 2.24) is 10.2 Å². The first-order valence-corrected chi connectivity index (χ1v) is 8.50. The predicted octanol–water partition coefficient (Wildman–Crippen LogP) is 3.91. The first-order valence-electron chi connectivity index (χ1n) is 8.50. The summed E-state index contributed by atoms with van der Waals surface area (Å²) >= 11 is 0. The molecule has 1 N–H and O–H groups in total. The molecular formula is C17H36N2. The Morgan fingerprint density at radius 3 is 2.58 bits per heavy atom. The summed E-state index contributed by atoms with van der Waals surface area (Å²) in [6.07, 6.45) is 8.32. The van der Waals surface area contributed by atoms with E-state index in [1.165, 1.54) is 58.2 Å². The van der Waals surface area contributed by atoms with Crippen molar-refractivity contribution in [2.75, 3.05) is 32.7 Å². The minimum Gasteiger partial charge on any atom is -0.316 e. The third kappa shape index (κ3) is 7.31. The molecule has 0 aromatic heterocycles. The largest absolute Gasteiger partial charge is 0.316 e. The molecule has 2 heteroatoms. The zero-order chi connectivity index (χ0) is 14.1. The van der Waals surface area contributed by atoms with Crippen LogP contribution in [0.15, 0.2) is 0 Å². The third-order valence-electron chi connectivity index (χ3n) is 4.32. The molecule has 0 amide bonds. The maximum Gasteiger partial charge on any atom is 0.00448 e. The van der Waals surface area contributed by atoms with Gasteiger partial charge in [-0.25, -0.2) is 0 Å². The van der Waals surface area contributed by atoms with E-state index in [0.717, 1.165) is 19.0 Å². The number of likely N-dealkylation sites (tertiary alicyclic amines) is 1. The smallest absolute Gasteiger partial charge is 0.00448 e. The summed E-state index contributed by atoms with van der Waals surface area (Å²) in [6, 6.07) is 0. The van der Waals surface area contributed by atoms with Gasteiger partial charge in [-0.05, 0) is 56.7 Å². The van der Waals surface area contributed by atoms with E-state index < -0.39 is 0 Å². The van der Waals surface area contributed by atoms with Gasteiger partial charge in [-0.2, -0.15) is 0 Å². The van der Waals surface area contributed by atoms with Crippen molar-refractivity contribution in [2.24, 2.45) is 11.3 Å². The molecule has 0 aromatic rings. The van der Waals surface area contributed by atoms with Crippen LogP contribution in [0.25, 0.3) is 0 Å². The van der Waals surface area contributed by atoms with Gasteiger partial charge in [0, 0.05) is 13.1 Å². The van der Waals surface area contributed by atoms with Gasteiger partial charge < -0.3 is 10.2 Å². The fourth-order valence-electron chi connectivity index (χ4n) is 3.34. The number of nitrogens with one attached hydrogen (secondary N) is 1. The maximum absolute atomic E-state index is 3.58. The summed E-state index contributed by atoms with van der Waals surface area (Å²) in [4.78, 5) is 2.71. The van der Waals surface area contributed by atoms with Crippen molar-refractivity contribution in [3.8, 4) is 0 Å². The molecule has 0 aromatic carbocycles. The molecule has 1 saturated heterocycles. The molecule has 0 spiro atoms. The lowest BCUT2D eigenvalue weighted by atomic mass is 9.92. The fourth-order valence-corrected chi connectivity index (χ4v) is 3.34. The van der Waals surface area contributed by atoms with Crippen molar-refractivity contribution in [2.45, 2.75) is 66.2 Å². The fraction of sp³-hybridized carbons (Fsp3) is 1.00. The lowest BCUT2D eigenvalue weighted by Gasteiger charge is -2.32. The van der Waals surface area contributed by atoms with Crippen molar-refractivity contribution < 1.29 is 0 Å². The molecular weight excluding hydrogens is 232 g/mol. The molecule has 1 aliphatic rings. The van der Waals surface area contributed by atoms with Crippen LogP contribution in [0, 0.1) is 11.3 Å². The van der Waals surface area contributed by atoms with E-state index in [0.29, 0.717) is 5.41 Å². The van der Waals surface area contributed by atoms with Crippen molar-refractivity contribution >= 4 is 0 Å². The van der Waals surface area contributed by atoms with Crippen LogP contribution in [0.1, 0.15) is 66.2 Å². The standard InChI is InChI=1S/C17H36N2/c1-5-8-16-9-7-12-19(13-10-16)15-17(3,4)14-18-11-6-2/h16,18H,5-15H2,1-4H3. The Morgan fingerprint density at radius 2 is 1.89 bits per heavy atom. The average Bonchev–Trinajstić information content (AvgIpc) is 2.55. The Morgan fingerprint density at radius 1 is 1.11 bits per heavy atom. The summed E-state index contributed by atoms with van der Waals surface area (Å²) < 4.78 is 0. The predicted molar refractivity (Wildman–Crippen MR) is 85.6 cm³/mol. The minimum absolute atomic E-state index is 0.403. The van der Waals surface area contributed by atoms with Crippen LogP contribution in [0.4, 0.5) is 0 Å². The Labute approximate surface area is 121 Å². The SMILES string of the molecule is CCCNCC(C)(C)CN1CCCC(CCC)CC1. The molecule has 0 bridgehead atoms. The van der Waals surface area contributed by atoms with Crippen LogP contribution in [0.2, 0.25) is 0 Å². The molecule has 114 valence electrons. The Hall–Kier alpha value is -0.0800. The van der Waals surface area contributed by atoms with Gasteiger partial charge in [-0.15, -0.1) is 0 Å². The van der Waals surface area contributed by atoms with E-state index in [-0.39, 0.29) is 0 Å². The third-order valence-corrected chi connectivity index (χ3v) is 4.32. The quantitative estimate of drug-likeness (QED) is 0.671. The summed E-state index contributed by atoms with van der Waals surface area (Å²) in [5, 5.41) is 3.58. The van der Waals surface area contributed by atoms with E-state index in [1.54, 1.807) is 0 Å². The molecule has 1 atom stereocenters. The van der Waals surface area contributed by atoms with Crippen LogP contribution >= 0.6 is 0 Å². The van der Waals surface area contributed by atoms with Gasteiger partial charge in [0.25, 0.3) is 0 Å². The van der Waals surface area contributed by atoms with Gasteiger partial charge in [0.05, 0.1) is 0 Å². The van der Waals surface area contributed by atoms with Gasteiger partial charge in [-0.3, -0.25) is 0 Å². The summed E-state index contributed by atoms with van der Waals surface area (Å²) in [7, 11) is 0. The van der Waals surface area contributed by atoms with E-state index in [4.69, 9.17) is 0 Å². The highest BCUT2D eigenvalue weighted by Crippen LogP contribution is 2.24. The topological polar surface area (TPSA) is 15.3 Å². The summed E-state index contributed by atoms with van der Waals surface area (Å²) in [5.41, 5.74) is 0.403. The number of hydrogen-bond acceptors (Lipinski definition) is 2. The molecule has 0 radical (unpaired) electrons. The normalized spacial score (nSPS) is 22.4. The highest BCUT2D eigenvalue weighted by atomic mass is 15.1. The summed E-state index contributed by atoms with van der Waals surface area (Å²) in [5.74, 6) is 0.997. The molecule has 1 aliphatic heterocycles. The number of rotatable bonds is 8. The Bertz CT molecular complexity index is 225. The highest BCUT2D eigenvalue weighted by Gasteiger charge is 2.23.